The lowest BCUT2D eigenvalue weighted by molar-refractivity contribution is 0.414. The lowest BCUT2D eigenvalue weighted by Gasteiger charge is -2.15. The summed E-state index contributed by atoms with van der Waals surface area (Å²) < 4.78 is 22.8. The van der Waals surface area contributed by atoms with Crippen LogP contribution in [0, 0.1) is 0 Å². The third kappa shape index (κ3) is 6.19. The highest BCUT2D eigenvalue weighted by atomic mass is 16.5. The first kappa shape index (κ1) is 37.8. The molecule has 1 N–H and O–H groups in total. The van der Waals surface area contributed by atoms with Crippen molar-refractivity contribution in [3.8, 4) is 113 Å². The Morgan fingerprint density at radius 1 is 0.302 bits per heavy atom. The highest BCUT2D eigenvalue weighted by molar-refractivity contribution is 6.19. The average molecular weight is 820 g/mol. The lowest BCUT2D eigenvalue weighted by Crippen LogP contribution is -1.93. The van der Waals surface area contributed by atoms with Crippen LogP contribution in [0.4, 0.5) is 0 Å². The summed E-state index contributed by atoms with van der Waals surface area (Å²) in [5.41, 5.74) is 17.1. The van der Waals surface area contributed by atoms with E-state index in [-0.39, 0.29) is 0 Å². The van der Waals surface area contributed by atoms with E-state index in [4.69, 9.17) is 28.9 Å². The zero-order chi connectivity index (χ0) is 42.6. The predicted molar refractivity (Wildman–Crippen MR) is 255 cm³/mol. The molecule has 0 spiro atoms. The Morgan fingerprint density at radius 3 is 0.841 bits per heavy atom. The molecule has 0 unspecified atom stereocenters. The Balaban J connectivity index is 1.46. The maximum Gasteiger partial charge on any atom is 0.118 e. The van der Waals surface area contributed by atoms with Crippen LogP contribution in [0.3, 0.4) is 0 Å². The van der Waals surface area contributed by atoms with Crippen LogP contribution in [-0.2, 0) is 0 Å². The second kappa shape index (κ2) is 15.4. The van der Waals surface area contributed by atoms with Crippen molar-refractivity contribution in [3.63, 3.8) is 0 Å². The van der Waals surface area contributed by atoms with E-state index in [1.165, 1.54) is 0 Å². The van der Waals surface area contributed by atoms with E-state index < -0.39 is 0 Å². The van der Waals surface area contributed by atoms with E-state index in [2.05, 4.69) is 126 Å². The predicted octanol–water partition coefficient (Wildman–Crippen LogP) is 13.8. The van der Waals surface area contributed by atoms with Gasteiger partial charge in [-0.2, -0.15) is 0 Å². The maximum atomic E-state index is 5.85. The van der Waals surface area contributed by atoms with Crippen molar-refractivity contribution >= 4 is 21.8 Å². The van der Waals surface area contributed by atoms with Gasteiger partial charge in [-0.3, -0.25) is 0 Å². The molecule has 11 rings (SSSR count). The number of rotatable bonds is 8. The largest absolute Gasteiger partial charge is 0.497 e. The quantitative estimate of drug-likeness (QED) is 0.164. The van der Waals surface area contributed by atoms with Crippen molar-refractivity contribution in [3.05, 3.63) is 170 Å². The first-order chi connectivity index (χ1) is 31.1. The van der Waals surface area contributed by atoms with Crippen LogP contribution in [0.1, 0.15) is 0 Å². The summed E-state index contributed by atoms with van der Waals surface area (Å²) in [6.45, 7) is 0. The molecule has 1 aliphatic carbocycles. The van der Waals surface area contributed by atoms with Crippen molar-refractivity contribution in [2.45, 2.75) is 0 Å². The minimum absolute atomic E-state index is 0.762. The molecule has 0 fully saturated rings. The van der Waals surface area contributed by atoms with Crippen LogP contribution < -0.4 is 18.9 Å². The molecule has 0 amide bonds. The van der Waals surface area contributed by atoms with Crippen LogP contribution in [0.15, 0.2) is 170 Å². The molecule has 0 saturated heterocycles. The van der Waals surface area contributed by atoms with Gasteiger partial charge in [-0.25, -0.2) is 9.97 Å². The topological polar surface area (TPSA) is 78.5 Å². The molecular formula is C56H41N3O4. The van der Waals surface area contributed by atoms with Crippen LogP contribution in [0.2, 0.25) is 0 Å². The molecule has 2 aliphatic heterocycles. The monoisotopic (exact) mass is 819 g/mol. The van der Waals surface area contributed by atoms with Crippen molar-refractivity contribution in [1.29, 1.82) is 0 Å². The summed E-state index contributed by atoms with van der Waals surface area (Å²) in [6, 6.07) is 58.8. The fourth-order valence-electron chi connectivity index (χ4n) is 9.22. The maximum absolute atomic E-state index is 5.85. The molecule has 3 aliphatic rings. The molecular weight excluding hydrogens is 779 g/mol. The number of nitrogens with one attached hydrogen (secondary N) is 1. The number of nitrogens with zero attached hydrogens (tertiary/aromatic N) is 2. The molecule has 0 atom stereocenters. The van der Waals surface area contributed by atoms with E-state index in [1.807, 2.05) is 48.5 Å². The van der Waals surface area contributed by atoms with Crippen molar-refractivity contribution in [2.24, 2.45) is 0 Å². The smallest absolute Gasteiger partial charge is 0.118 e. The second-order valence-corrected chi connectivity index (χ2v) is 15.5. The van der Waals surface area contributed by atoms with Gasteiger partial charge < -0.3 is 23.9 Å². The molecule has 6 bridgehead atoms. The van der Waals surface area contributed by atoms with Gasteiger partial charge in [-0.05, 0) is 70.8 Å². The molecule has 7 aromatic carbocycles. The molecule has 1 aromatic heterocycles. The Morgan fingerprint density at radius 2 is 0.556 bits per heavy atom. The van der Waals surface area contributed by atoms with E-state index >= 15 is 0 Å². The first-order valence-electron chi connectivity index (χ1n) is 20.9. The average Bonchev–Trinajstić information content (AvgIpc) is 4.04. The second-order valence-electron chi connectivity index (χ2n) is 15.5. The van der Waals surface area contributed by atoms with Gasteiger partial charge in [0.25, 0.3) is 0 Å². The molecule has 7 nitrogen and oxygen atoms in total. The molecule has 8 aromatic rings. The third-order valence-electron chi connectivity index (χ3n) is 12.2. The zero-order valence-corrected chi connectivity index (χ0v) is 35.2. The number of methoxy groups -OCH3 is 4. The molecule has 304 valence electrons. The normalized spacial score (nSPS) is 11.5. The highest BCUT2D eigenvalue weighted by Crippen LogP contribution is 2.53. The summed E-state index contributed by atoms with van der Waals surface area (Å²) in [5.74, 6) is 3.07. The lowest BCUT2D eigenvalue weighted by atomic mass is 9.88. The summed E-state index contributed by atoms with van der Waals surface area (Å²) >= 11 is 0. The SMILES string of the molecule is COc1ccc(-c2c3nc(c(-c4ccc(OC)cc4)c4[nH]c(c(-c5ccc(OC)cc5)c5nc(c2-c2ccc(OC)cc2)-c2ccccc2-5)c2ccccc42)-c2ccccc2-3)cc1. The minimum atomic E-state index is 0.762. The fourth-order valence-corrected chi connectivity index (χ4v) is 9.22. The van der Waals surface area contributed by atoms with Gasteiger partial charge in [-0.1, -0.05) is 121 Å². The number of H-pyrrole nitrogens is 1. The van der Waals surface area contributed by atoms with Gasteiger partial charge in [0.05, 0.1) is 62.2 Å². The summed E-state index contributed by atoms with van der Waals surface area (Å²) in [4.78, 5) is 15.8. The Labute approximate surface area is 365 Å². The van der Waals surface area contributed by atoms with Gasteiger partial charge in [0.15, 0.2) is 0 Å². The number of benzene rings is 7. The van der Waals surface area contributed by atoms with E-state index in [1.54, 1.807) is 28.4 Å². The van der Waals surface area contributed by atoms with Crippen LogP contribution in [0.5, 0.6) is 23.0 Å². The van der Waals surface area contributed by atoms with Crippen molar-refractivity contribution in [1.82, 2.24) is 15.0 Å². The molecule has 0 saturated carbocycles. The van der Waals surface area contributed by atoms with Gasteiger partial charge in [-0.15, -0.1) is 0 Å². The first-order valence-corrected chi connectivity index (χ1v) is 20.9. The van der Waals surface area contributed by atoms with Crippen molar-refractivity contribution < 1.29 is 18.9 Å². The fraction of sp³-hybridized carbons (Fsp3) is 0.0714. The summed E-state index contributed by atoms with van der Waals surface area (Å²) in [7, 11) is 6.78. The molecule has 63 heavy (non-hydrogen) atoms. The minimum Gasteiger partial charge on any atom is -0.497 e. The standard InChI is InChI=1S/C56H41N3O4/c1-60-37-25-17-33(18-26-37)47-48(34-19-27-38(61-2)28-20-34)52-42-12-6-8-14-44(42)54(58-52)50(36-23-31-40(63-4)32-24-36)56-46-16-10-9-15-45(46)55(59-56)49(35-21-29-39(62-3)30-22-35)53-43-13-7-5-11-41(43)51(47)57-53/h5-32,59H,1-4H3. The number of aromatic amines is 1. The Hall–Kier alpha value is -8.16. The van der Waals surface area contributed by atoms with Gasteiger partial charge in [0.1, 0.15) is 23.0 Å². The molecule has 7 heteroatoms. The Bertz CT molecular complexity index is 3130. The number of aromatic nitrogens is 3. The number of hydrogen-bond acceptors (Lipinski definition) is 6. The van der Waals surface area contributed by atoms with Crippen LogP contribution in [0.25, 0.3) is 111 Å². The van der Waals surface area contributed by atoms with E-state index in [9.17, 15) is 0 Å². The van der Waals surface area contributed by atoms with E-state index in [0.29, 0.717) is 0 Å². The van der Waals surface area contributed by atoms with Gasteiger partial charge in [0, 0.05) is 55.3 Å². The van der Waals surface area contributed by atoms with E-state index in [0.717, 1.165) is 134 Å². The Kier molecular flexibility index (Phi) is 9.24. The van der Waals surface area contributed by atoms with Crippen LogP contribution >= 0.6 is 0 Å². The highest BCUT2D eigenvalue weighted by Gasteiger charge is 2.31. The molecule has 0 radical (unpaired) electrons. The molecule has 3 heterocycles. The number of ether oxygens (including phenoxy) is 4. The zero-order valence-electron chi connectivity index (χ0n) is 35.2. The van der Waals surface area contributed by atoms with Gasteiger partial charge in [0.2, 0.25) is 0 Å². The third-order valence-corrected chi connectivity index (χ3v) is 12.2. The van der Waals surface area contributed by atoms with Gasteiger partial charge >= 0.3 is 0 Å². The number of hydrogen-bond donors (Lipinski definition) is 1. The van der Waals surface area contributed by atoms with Crippen LogP contribution in [-0.4, -0.2) is 43.4 Å². The van der Waals surface area contributed by atoms with Crippen molar-refractivity contribution in [2.75, 3.05) is 28.4 Å². The summed E-state index contributed by atoms with van der Waals surface area (Å²) in [5, 5.41) is 2.13. The summed E-state index contributed by atoms with van der Waals surface area (Å²) in [6.07, 6.45) is 0.